The third kappa shape index (κ3) is 1.56. The second-order valence-electron chi connectivity index (χ2n) is 1.80. The lowest BCUT2D eigenvalue weighted by Gasteiger charge is -2.17. The van der Waals surface area contributed by atoms with Crippen molar-refractivity contribution in [2.24, 2.45) is 0 Å². The molecule has 0 saturated carbocycles. The molecule has 2 N–H and O–H groups in total. The van der Waals surface area contributed by atoms with E-state index >= 15 is 0 Å². The smallest absolute Gasteiger partial charge is 0.344 e. The maximum absolute atomic E-state index is 10.0. The summed E-state index contributed by atoms with van der Waals surface area (Å²) in [5.74, 6) is 0. The topological polar surface area (TPSA) is 83.6 Å². The number of halogens is 1. The fourth-order valence-electron chi connectivity index (χ4n) is 0.406. The maximum atomic E-state index is 10.0. The number of hydrogen-bond donors (Lipinski definition) is 2. The van der Waals surface area contributed by atoms with Crippen molar-refractivity contribution in [3.05, 3.63) is 10.1 Å². The maximum Gasteiger partial charge on any atom is 0.344 e. The Balaban J connectivity index is 4.38. The van der Waals surface area contributed by atoms with Gasteiger partial charge in [-0.3, -0.25) is 10.1 Å². The van der Waals surface area contributed by atoms with Gasteiger partial charge in [-0.1, -0.05) is 6.92 Å². The first-order chi connectivity index (χ1) is 4.45. The van der Waals surface area contributed by atoms with Gasteiger partial charge in [0.15, 0.2) is 0 Å². The van der Waals surface area contributed by atoms with Gasteiger partial charge in [-0.05, 0) is 11.6 Å². The Morgan fingerprint density at radius 3 is 2.20 bits per heavy atom. The van der Waals surface area contributed by atoms with Gasteiger partial charge in [-0.25, -0.2) is 0 Å². The Morgan fingerprint density at radius 2 is 2.20 bits per heavy atom. The highest BCUT2D eigenvalue weighted by Crippen LogP contribution is 2.23. The lowest BCUT2D eigenvalue weighted by molar-refractivity contribution is -0.567. The first-order valence-corrected chi connectivity index (χ1v) is 3.02. The van der Waals surface area contributed by atoms with E-state index < -0.39 is 16.2 Å². The van der Waals surface area contributed by atoms with Crippen molar-refractivity contribution < 1.29 is 15.1 Å². The molecule has 0 amide bonds. The molecule has 1 atom stereocenters. The zero-order valence-electron chi connectivity index (χ0n) is 5.32. The fraction of sp³-hybridized carbons (Fsp3) is 1.00. The second-order valence-corrected chi connectivity index (χ2v) is 2.46. The molecule has 0 spiro atoms. The highest BCUT2D eigenvalue weighted by atomic mass is 35.5. The van der Waals surface area contributed by atoms with Crippen LogP contribution in [0.25, 0.3) is 0 Å². The van der Waals surface area contributed by atoms with Crippen LogP contribution in [0, 0.1) is 10.1 Å². The van der Waals surface area contributed by atoms with Crippen LogP contribution in [0.4, 0.5) is 0 Å². The highest BCUT2D eigenvalue weighted by Gasteiger charge is 2.45. The SMILES string of the molecule is CCC(Cl)(C(O)O)[N+](=O)[O-]. The van der Waals surface area contributed by atoms with E-state index in [2.05, 4.69) is 0 Å². The van der Waals surface area contributed by atoms with E-state index in [4.69, 9.17) is 21.8 Å². The van der Waals surface area contributed by atoms with Gasteiger partial charge >= 0.3 is 5.00 Å². The molecule has 0 aliphatic carbocycles. The average molecular weight is 170 g/mol. The van der Waals surface area contributed by atoms with Crippen molar-refractivity contribution in [1.82, 2.24) is 0 Å². The van der Waals surface area contributed by atoms with Crippen molar-refractivity contribution in [3.63, 3.8) is 0 Å². The Bertz CT molecular complexity index is 139. The summed E-state index contributed by atoms with van der Waals surface area (Å²) in [6, 6.07) is 0. The van der Waals surface area contributed by atoms with Crippen LogP contribution in [0.2, 0.25) is 0 Å². The molecule has 0 aromatic rings. The summed E-state index contributed by atoms with van der Waals surface area (Å²) in [6.45, 7) is 1.40. The van der Waals surface area contributed by atoms with E-state index in [0.717, 1.165) is 0 Å². The van der Waals surface area contributed by atoms with E-state index in [9.17, 15) is 10.1 Å². The molecule has 0 fully saturated rings. The Labute approximate surface area is 62.4 Å². The third-order valence-corrected chi connectivity index (χ3v) is 1.80. The van der Waals surface area contributed by atoms with Crippen molar-refractivity contribution in [2.45, 2.75) is 24.6 Å². The van der Waals surface area contributed by atoms with Gasteiger partial charge in [-0.15, -0.1) is 0 Å². The molecule has 0 saturated heterocycles. The molecular weight excluding hydrogens is 161 g/mol. The van der Waals surface area contributed by atoms with Crippen molar-refractivity contribution in [3.8, 4) is 0 Å². The Kier molecular flexibility index (Phi) is 3.01. The minimum atomic E-state index is -2.15. The van der Waals surface area contributed by atoms with Gasteiger partial charge in [-0.2, -0.15) is 0 Å². The fourth-order valence-corrected chi connectivity index (χ4v) is 0.406. The van der Waals surface area contributed by atoms with Gasteiger partial charge < -0.3 is 10.2 Å². The second kappa shape index (κ2) is 3.14. The molecule has 0 heterocycles. The molecule has 0 rings (SSSR count). The van der Waals surface area contributed by atoms with Crippen LogP contribution in [0.1, 0.15) is 13.3 Å². The van der Waals surface area contributed by atoms with Crippen molar-refractivity contribution in [2.75, 3.05) is 0 Å². The molecule has 10 heavy (non-hydrogen) atoms. The zero-order valence-corrected chi connectivity index (χ0v) is 6.08. The van der Waals surface area contributed by atoms with Crippen LogP contribution in [0.3, 0.4) is 0 Å². The van der Waals surface area contributed by atoms with Crippen LogP contribution in [-0.4, -0.2) is 26.4 Å². The average Bonchev–Trinajstić information content (AvgIpc) is 1.85. The summed E-state index contributed by atoms with van der Waals surface area (Å²) in [5, 5.41) is 26.9. The largest absolute Gasteiger partial charge is 0.361 e. The monoisotopic (exact) mass is 169 g/mol. The lowest BCUT2D eigenvalue weighted by atomic mass is 10.2. The van der Waals surface area contributed by atoms with Gasteiger partial charge in [0, 0.05) is 11.3 Å². The van der Waals surface area contributed by atoms with Crippen LogP contribution in [0.15, 0.2) is 0 Å². The molecule has 6 heteroatoms. The number of hydrogen-bond acceptors (Lipinski definition) is 4. The molecule has 60 valence electrons. The number of alkyl halides is 1. The molecule has 0 bridgehead atoms. The van der Waals surface area contributed by atoms with E-state index in [1.165, 1.54) is 6.92 Å². The predicted molar refractivity (Wildman–Crippen MR) is 34.1 cm³/mol. The first kappa shape index (κ1) is 9.61. The summed E-state index contributed by atoms with van der Waals surface area (Å²) in [7, 11) is 0. The minimum absolute atomic E-state index is 0.140. The molecule has 0 aliphatic heterocycles. The van der Waals surface area contributed by atoms with Gasteiger partial charge in [0.1, 0.15) is 0 Å². The summed E-state index contributed by atoms with van der Waals surface area (Å²) < 4.78 is 0. The predicted octanol–water partition coefficient (Wildman–Crippen LogP) is -0.0811. The number of aliphatic hydroxyl groups is 2. The molecule has 0 aliphatic rings. The molecular formula is C4H8ClNO4. The Morgan fingerprint density at radius 1 is 1.80 bits per heavy atom. The van der Waals surface area contributed by atoms with Gasteiger partial charge in [0.25, 0.3) is 0 Å². The molecule has 0 aromatic heterocycles. The summed E-state index contributed by atoms with van der Waals surface area (Å²) >= 11 is 5.19. The van der Waals surface area contributed by atoms with Crippen LogP contribution in [-0.2, 0) is 0 Å². The Hall–Kier alpha value is -0.390. The number of nitrogens with zero attached hydrogens (tertiary/aromatic N) is 1. The zero-order chi connectivity index (χ0) is 8.36. The summed E-state index contributed by atoms with van der Waals surface area (Å²) in [5.41, 5.74) is 0. The van der Waals surface area contributed by atoms with Crippen LogP contribution < -0.4 is 0 Å². The minimum Gasteiger partial charge on any atom is -0.361 e. The van der Waals surface area contributed by atoms with Crippen LogP contribution >= 0.6 is 11.6 Å². The van der Waals surface area contributed by atoms with Crippen LogP contribution in [0.5, 0.6) is 0 Å². The standard InChI is InChI=1S/C4H8ClNO4/c1-2-4(5,3(7)8)6(9)10/h3,7-8H,2H2,1H3. The number of nitro groups is 1. The quantitative estimate of drug-likeness (QED) is 0.204. The van der Waals surface area contributed by atoms with Crippen molar-refractivity contribution in [1.29, 1.82) is 0 Å². The first-order valence-electron chi connectivity index (χ1n) is 2.64. The van der Waals surface area contributed by atoms with Gasteiger partial charge in [0.2, 0.25) is 6.29 Å². The molecule has 0 aromatic carbocycles. The van der Waals surface area contributed by atoms with E-state index in [1.54, 1.807) is 0 Å². The normalized spacial score (nSPS) is 16.9. The molecule has 5 nitrogen and oxygen atoms in total. The van der Waals surface area contributed by atoms with Crippen molar-refractivity contribution >= 4 is 11.6 Å². The highest BCUT2D eigenvalue weighted by molar-refractivity contribution is 6.22. The molecule has 1 unspecified atom stereocenters. The molecule has 0 radical (unpaired) electrons. The summed E-state index contributed by atoms with van der Waals surface area (Å²) in [6.07, 6.45) is -2.27. The van der Waals surface area contributed by atoms with E-state index in [-0.39, 0.29) is 6.42 Å². The lowest BCUT2D eigenvalue weighted by Crippen LogP contribution is -2.43. The van der Waals surface area contributed by atoms with Gasteiger partial charge in [0.05, 0.1) is 0 Å². The van der Waals surface area contributed by atoms with E-state index in [1.807, 2.05) is 0 Å². The number of aliphatic hydroxyl groups excluding tert-OH is 1. The number of rotatable bonds is 3. The summed E-state index contributed by atoms with van der Waals surface area (Å²) in [4.78, 5) is 6.98. The van der Waals surface area contributed by atoms with E-state index in [0.29, 0.717) is 0 Å². The third-order valence-electron chi connectivity index (χ3n) is 1.20.